The van der Waals surface area contributed by atoms with Gasteiger partial charge in [-0.25, -0.2) is 0 Å². The summed E-state index contributed by atoms with van der Waals surface area (Å²) in [5.74, 6) is 0. The van der Waals surface area contributed by atoms with Crippen LogP contribution in [-0.2, 0) is 4.43 Å². The van der Waals surface area contributed by atoms with Crippen LogP contribution in [0.2, 0.25) is 19.1 Å². The van der Waals surface area contributed by atoms with E-state index >= 15 is 0 Å². The number of hydrogen-bond acceptors (Lipinski definition) is 1. The Labute approximate surface area is 89.7 Å². The van der Waals surface area contributed by atoms with E-state index in [0.29, 0.717) is 0 Å². The molecular formula is C11H27FOSi. The van der Waals surface area contributed by atoms with Crippen LogP contribution in [0.3, 0.4) is 0 Å². The van der Waals surface area contributed by atoms with Crippen molar-refractivity contribution in [2.24, 2.45) is 0 Å². The van der Waals surface area contributed by atoms with Crippen molar-refractivity contribution in [1.29, 1.82) is 0 Å². The van der Waals surface area contributed by atoms with Gasteiger partial charge in [-0.15, -0.1) is 0 Å². The molecule has 0 unspecified atom stereocenters. The Hall–Kier alpha value is 0.107. The van der Waals surface area contributed by atoms with Crippen molar-refractivity contribution < 1.29 is 9.13 Å². The molecule has 88 valence electrons. The summed E-state index contributed by atoms with van der Waals surface area (Å²) in [5, 5.41) is 0. The first kappa shape index (κ1) is 16.5. The predicted octanol–water partition coefficient (Wildman–Crippen LogP) is 4.35. The molecule has 0 saturated carbocycles. The Balaban J connectivity index is 0. The van der Waals surface area contributed by atoms with Crippen LogP contribution in [0.4, 0.5) is 4.70 Å². The molecule has 0 aliphatic carbocycles. The Bertz CT molecular complexity index is 118. The van der Waals surface area contributed by atoms with Gasteiger partial charge in [0.25, 0.3) is 0 Å². The molecule has 0 saturated heterocycles. The standard InChI is InChI=1S/C11H26OSi.FH/c1-5-7-9-10-12-13(3,4)11-8-6-2;/h5-11H2,1-4H3;1H. The van der Waals surface area contributed by atoms with Crippen molar-refractivity contribution in [3.8, 4) is 0 Å². The topological polar surface area (TPSA) is 9.23 Å². The molecule has 0 fully saturated rings. The maximum absolute atomic E-state index is 5.97. The zero-order chi connectivity index (χ0) is 10.2. The van der Waals surface area contributed by atoms with E-state index in [1.54, 1.807) is 0 Å². The molecule has 0 atom stereocenters. The van der Waals surface area contributed by atoms with Crippen LogP contribution in [0, 0.1) is 0 Å². The zero-order valence-electron chi connectivity index (χ0n) is 10.3. The Morgan fingerprint density at radius 2 is 1.50 bits per heavy atom. The zero-order valence-corrected chi connectivity index (χ0v) is 11.3. The first-order chi connectivity index (χ1) is 6.12. The van der Waals surface area contributed by atoms with Gasteiger partial charge in [-0.1, -0.05) is 39.5 Å². The monoisotopic (exact) mass is 222 g/mol. The summed E-state index contributed by atoms with van der Waals surface area (Å²) in [4.78, 5) is 0. The third kappa shape index (κ3) is 10.2. The molecule has 3 heteroatoms. The highest BCUT2D eigenvalue weighted by molar-refractivity contribution is 6.71. The van der Waals surface area contributed by atoms with E-state index in [1.165, 1.54) is 38.1 Å². The second kappa shape index (κ2) is 9.65. The van der Waals surface area contributed by atoms with Gasteiger partial charge >= 0.3 is 0 Å². The highest BCUT2D eigenvalue weighted by atomic mass is 28.4. The largest absolute Gasteiger partial charge is 0.417 e. The maximum Gasteiger partial charge on any atom is 0.186 e. The summed E-state index contributed by atoms with van der Waals surface area (Å²) in [6, 6.07) is 1.33. The molecule has 0 N–H and O–H groups in total. The van der Waals surface area contributed by atoms with E-state index in [4.69, 9.17) is 4.43 Å². The van der Waals surface area contributed by atoms with E-state index in [0.717, 1.165) is 6.61 Å². The van der Waals surface area contributed by atoms with Crippen LogP contribution in [0.25, 0.3) is 0 Å². The van der Waals surface area contributed by atoms with E-state index in [9.17, 15) is 0 Å². The summed E-state index contributed by atoms with van der Waals surface area (Å²) < 4.78 is 5.97. The van der Waals surface area contributed by atoms with Crippen molar-refractivity contribution in [3.63, 3.8) is 0 Å². The summed E-state index contributed by atoms with van der Waals surface area (Å²) >= 11 is 0. The lowest BCUT2D eigenvalue weighted by Crippen LogP contribution is -2.30. The fourth-order valence-electron chi connectivity index (χ4n) is 1.38. The van der Waals surface area contributed by atoms with Crippen molar-refractivity contribution in [2.45, 2.75) is 65.1 Å². The molecule has 0 radical (unpaired) electrons. The SMILES string of the molecule is CCCCCO[Si](C)(C)CCCC.F. The first-order valence-corrected chi connectivity index (χ1v) is 8.88. The van der Waals surface area contributed by atoms with Gasteiger partial charge < -0.3 is 4.43 Å². The summed E-state index contributed by atoms with van der Waals surface area (Å²) in [5.41, 5.74) is 0. The molecule has 0 aromatic carbocycles. The van der Waals surface area contributed by atoms with Crippen LogP contribution >= 0.6 is 0 Å². The van der Waals surface area contributed by atoms with Crippen LogP contribution in [0.1, 0.15) is 46.0 Å². The lowest BCUT2D eigenvalue weighted by molar-refractivity contribution is 0.295. The molecule has 0 amide bonds. The molecule has 0 rings (SSSR count). The van der Waals surface area contributed by atoms with Crippen LogP contribution < -0.4 is 0 Å². The van der Waals surface area contributed by atoms with Gasteiger partial charge in [-0.2, -0.15) is 0 Å². The van der Waals surface area contributed by atoms with E-state index in [2.05, 4.69) is 26.9 Å². The van der Waals surface area contributed by atoms with Crippen LogP contribution in [-0.4, -0.2) is 14.9 Å². The molecule has 1 nitrogen and oxygen atoms in total. The average molecular weight is 222 g/mol. The van der Waals surface area contributed by atoms with Gasteiger partial charge in [-0.05, 0) is 25.6 Å². The minimum absolute atomic E-state index is 0. The normalized spacial score (nSPS) is 11.1. The molecule has 0 aliphatic rings. The van der Waals surface area contributed by atoms with Crippen molar-refractivity contribution in [1.82, 2.24) is 0 Å². The van der Waals surface area contributed by atoms with Gasteiger partial charge in [0, 0.05) is 6.61 Å². The van der Waals surface area contributed by atoms with Crippen LogP contribution in [0.15, 0.2) is 0 Å². The molecule has 0 aromatic heterocycles. The van der Waals surface area contributed by atoms with Gasteiger partial charge in [-0.3, -0.25) is 4.70 Å². The highest BCUT2D eigenvalue weighted by Crippen LogP contribution is 2.15. The molecule has 0 bridgehead atoms. The fraction of sp³-hybridized carbons (Fsp3) is 1.00. The lowest BCUT2D eigenvalue weighted by atomic mass is 10.3. The van der Waals surface area contributed by atoms with Gasteiger partial charge in [0.15, 0.2) is 8.32 Å². The Morgan fingerprint density at radius 3 is 2.00 bits per heavy atom. The van der Waals surface area contributed by atoms with Crippen LogP contribution in [0.5, 0.6) is 0 Å². The molecule has 0 aromatic rings. The van der Waals surface area contributed by atoms with Gasteiger partial charge in [0.1, 0.15) is 0 Å². The summed E-state index contributed by atoms with van der Waals surface area (Å²) in [7, 11) is -1.27. The Kier molecular flexibility index (Phi) is 11.4. The van der Waals surface area contributed by atoms with Crippen molar-refractivity contribution in [2.75, 3.05) is 6.61 Å². The predicted molar refractivity (Wildman–Crippen MR) is 65.2 cm³/mol. The number of halogens is 1. The van der Waals surface area contributed by atoms with Crippen molar-refractivity contribution in [3.05, 3.63) is 0 Å². The number of unbranched alkanes of at least 4 members (excludes halogenated alkanes) is 3. The first-order valence-electron chi connectivity index (χ1n) is 5.76. The third-order valence-corrected chi connectivity index (χ3v) is 4.92. The fourth-order valence-corrected chi connectivity index (χ4v) is 3.42. The second-order valence-corrected chi connectivity index (χ2v) is 8.73. The Morgan fingerprint density at radius 1 is 0.929 bits per heavy atom. The summed E-state index contributed by atoms with van der Waals surface area (Å²) in [6.07, 6.45) is 6.50. The summed E-state index contributed by atoms with van der Waals surface area (Å²) in [6.45, 7) is 10.2. The molecule has 0 heterocycles. The number of hydrogen-bond donors (Lipinski definition) is 0. The molecule has 14 heavy (non-hydrogen) atoms. The highest BCUT2D eigenvalue weighted by Gasteiger charge is 2.20. The van der Waals surface area contributed by atoms with Gasteiger partial charge in [0.05, 0.1) is 0 Å². The third-order valence-electron chi connectivity index (χ3n) is 2.37. The lowest BCUT2D eigenvalue weighted by Gasteiger charge is -2.22. The van der Waals surface area contributed by atoms with Crippen molar-refractivity contribution >= 4 is 8.32 Å². The molecular weight excluding hydrogens is 195 g/mol. The maximum atomic E-state index is 5.97. The minimum atomic E-state index is -1.27. The van der Waals surface area contributed by atoms with E-state index in [-0.39, 0.29) is 4.70 Å². The molecule has 0 spiro atoms. The minimum Gasteiger partial charge on any atom is -0.417 e. The van der Waals surface area contributed by atoms with E-state index < -0.39 is 8.32 Å². The van der Waals surface area contributed by atoms with Gasteiger partial charge in [0.2, 0.25) is 0 Å². The van der Waals surface area contributed by atoms with E-state index in [1.807, 2.05) is 0 Å². The second-order valence-electron chi connectivity index (χ2n) is 4.42. The average Bonchev–Trinajstić information content (AvgIpc) is 2.09. The number of rotatable bonds is 8. The molecule has 0 aliphatic heterocycles. The quantitative estimate of drug-likeness (QED) is 0.438. The smallest absolute Gasteiger partial charge is 0.186 e.